The lowest BCUT2D eigenvalue weighted by atomic mass is 9.82. The minimum Gasteiger partial charge on any atom is -0.497 e. The van der Waals surface area contributed by atoms with E-state index in [0.29, 0.717) is 24.0 Å². The van der Waals surface area contributed by atoms with E-state index in [0.717, 1.165) is 35.2 Å². The van der Waals surface area contributed by atoms with Crippen LogP contribution in [-0.2, 0) is 15.1 Å². The van der Waals surface area contributed by atoms with Crippen LogP contribution in [0.1, 0.15) is 52.5 Å². The summed E-state index contributed by atoms with van der Waals surface area (Å²) in [6.45, 7) is 13.5. The molecule has 2 aliphatic rings. The number of hydrogen-bond acceptors (Lipinski definition) is 6. The third kappa shape index (κ3) is 6.16. The molecule has 1 aromatic heterocycles. The monoisotopic (exact) mass is 691 g/mol. The van der Waals surface area contributed by atoms with Crippen LogP contribution < -0.4 is 20.4 Å². The van der Waals surface area contributed by atoms with E-state index in [1.165, 1.54) is 21.0 Å². The van der Waals surface area contributed by atoms with Crippen molar-refractivity contribution in [1.29, 1.82) is 0 Å². The molecule has 4 atom stereocenters. The van der Waals surface area contributed by atoms with Gasteiger partial charge in [-0.2, -0.15) is 9.78 Å². The molecule has 262 valence electrons. The number of methoxy groups -OCH3 is 1. The molecular weight excluding hydrogens is 643 g/mol. The van der Waals surface area contributed by atoms with E-state index in [1.807, 2.05) is 53.4 Å². The zero-order chi connectivity index (χ0) is 35.8. The highest BCUT2D eigenvalue weighted by atomic mass is 28.3. The fourth-order valence-corrected chi connectivity index (χ4v) is 12.3. The van der Waals surface area contributed by atoms with Crippen LogP contribution in [0, 0.1) is 5.92 Å². The van der Waals surface area contributed by atoms with Crippen molar-refractivity contribution in [2.45, 2.75) is 77.3 Å². The number of ether oxygens (including phenoxy) is 2. The van der Waals surface area contributed by atoms with Crippen molar-refractivity contribution in [1.82, 2.24) is 9.78 Å². The molecule has 1 amide bonds. The molecule has 3 aromatic carbocycles. The molecule has 1 N–H and O–H groups in total. The lowest BCUT2D eigenvalue weighted by Crippen LogP contribution is -2.52. The minimum atomic E-state index is -2.34. The molecule has 1 fully saturated rings. The van der Waals surface area contributed by atoms with Gasteiger partial charge in [0.05, 0.1) is 44.2 Å². The van der Waals surface area contributed by atoms with Crippen LogP contribution in [-0.4, -0.2) is 55.2 Å². The first kappa shape index (κ1) is 35.5. The van der Waals surface area contributed by atoms with E-state index in [9.17, 15) is 9.90 Å². The number of rotatable bonds is 11. The van der Waals surface area contributed by atoms with E-state index < -0.39 is 13.7 Å². The molecule has 0 aliphatic carbocycles. The first-order chi connectivity index (χ1) is 23.9. The maximum atomic E-state index is 15.1. The van der Waals surface area contributed by atoms with E-state index >= 15 is 4.79 Å². The minimum absolute atomic E-state index is 0.00585. The molecule has 0 saturated carbocycles. The highest BCUT2D eigenvalue weighted by Crippen LogP contribution is 2.60. The number of amides is 1. The van der Waals surface area contributed by atoms with Crippen molar-refractivity contribution in [3.8, 4) is 11.4 Å². The smallest absolute Gasteiger partial charge is 0.279 e. The summed E-state index contributed by atoms with van der Waals surface area (Å²) in [5.41, 5.74) is 3.09. The number of carbonyl (C=O) groups is 1. The average Bonchev–Trinajstić information content (AvgIpc) is 3.53. The summed E-state index contributed by atoms with van der Waals surface area (Å²) in [5, 5.41) is 17.4. The van der Waals surface area contributed by atoms with Gasteiger partial charge in [-0.05, 0) is 82.0 Å². The second-order valence-electron chi connectivity index (χ2n) is 14.6. The predicted octanol–water partition coefficient (Wildman–Crippen LogP) is 7.03. The van der Waals surface area contributed by atoms with Crippen molar-refractivity contribution in [2.24, 2.45) is 5.92 Å². The van der Waals surface area contributed by atoms with Gasteiger partial charge in [-0.25, -0.2) is 0 Å². The third-order valence-electron chi connectivity index (χ3n) is 10.9. The van der Waals surface area contributed by atoms with Crippen LogP contribution in [0.5, 0.6) is 5.75 Å². The number of anilines is 1. The van der Waals surface area contributed by atoms with Gasteiger partial charge in [-0.3, -0.25) is 9.59 Å². The second kappa shape index (κ2) is 14.1. The van der Waals surface area contributed by atoms with Crippen LogP contribution in [0.4, 0.5) is 5.69 Å². The number of nitrogens with zero attached hydrogens (tertiary/aromatic N) is 3. The predicted molar refractivity (Wildman–Crippen MR) is 203 cm³/mol. The first-order valence-electron chi connectivity index (χ1n) is 17.6. The Morgan fingerprint density at radius 3 is 2.48 bits per heavy atom. The Kier molecular flexibility index (Phi) is 10.0. The summed E-state index contributed by atoms with van der Waals surface area (Å²) in [7, 11) is -0.674. The van der Waals surface area contributed by atoms with Crippen molar-refractivity contribution < 1.29 is 19.4 Å². The molecule has 3 heterocycles. The maximum Gasteiger partial charge on any atom is 0.279 e. The van der Waals surface area contributed by atoms with Gasteiger partial charge >= 0.3 is 0 Å². The number of fused-ring (bicyclic) bond motifs is 3. The maximum absolute atomic E-state index is 15.1. The molecule has 4 aromatic rings. The van der Waals surface area contributed by atoms with Crippen molar-refractivity contribution in [3.05, 3.63) is 112 Å². The summed E-state index contributed by atoms with van der Waals surface area (Å²) < 4.78 is 14.0. The lowest BCUT2D eigenvalue weighted by molar-refractivity contribution is -0.146. The number of aliphatic hydroxyl groups is 1. The Balaban J connectivity index is 1.48. The highest BCUT2D eigenvalue weighted by molar-refractivity contribution is 6.91. The standard InChI is InChI=1S/C41H49N3O5Si/c1-27(2)11-10-12-28(3)21-23-43-36-20-15-31(44-39(46)34-14-9-8-13-30(34)26-42-44)25-35(36)41(40(43)47)29(4)38(37(49-41)22-24-45)50(6,7)33-18-16-32(48-5)17-19-33/h8-9,11,13-21,25-26,29,37-38,45H,10,12,22-24H2,1-7H3/b28-21+/t29-,37+,38-,41+/m1/s1. The topological polar surface area (TPSA) is 93.9 Å². The Bertz CT molecular complexity index is 2010. The number of carbonyl (C=O) groups excluding carboxylic acids is 1. The number of allylic oxidation sites excluding steroid dienone is 3. The zero-order valence-electron chi connectivity index (χ0n) is 30.3. The van der Waals surface area contributed by atoms with E-state index in [1.54, 1.807) is 19.4 Å². The molecule has 8 nitrogen and oxygen atoms in total. The summed E-state index contributed by atoms with van der Waals surface area (Å²) in [6.07, 6.45) is 8.01. The Hall–Kier alpha value is -4.31. The summed E-state index contributed by atoms with van der Waals surface area (Å²) in [5.74, 6) is 0.468. The highest BCUT2D eigenvalue weighted by Gasteiger charge is 2.66. The lowest BCUT2D eigenvalue weighted by Gasteiger charge is -2.37. The number of hydrogen-bond donors (Lipinski definition) is 1. The molecule has 9 heteroatoms. The fourth-order valence-electron chi connectivity index (χ4n) is 8.22. The van der Waals surface area contributed by atoms with Gasteiger partial charge in [-0.15, -0.1) is 0 Å². The van der Waals surface area contributed by atoms with Gasteiger partial charge < -0.3 is 19.5 Å². The number of benzene rings is 3. The molecule has 1 saturated heterocycles. The van der Waals surface area contributed by atoms with E-state index in [-0.39, 0.29) is 35.6 Å². The molecule has 0 unspecified atom stereocenters. The first-order valence-corrected chi connectivity index (χ1v) is 20.7. The van der Waals surface area contributed by atoms with Crippen molar-refractivity contribution in [2.75, 3.05) is 25.2 Å². The van der Waals surface area contributed by atoms with Gasteiger partial charge in [0.1, 0.15) is 5.75 Å². The summed E-state index contributed by atoms with van der Waals surface area (Å²) in [6, 6.07) is 21.4. The van der Waals surface area contributed by atoms with E-state index in [4.69, 9.17) is 9.47 Å². The Morgan fingerprint density at radius 2 is 1.78 bits per heavy atom. The van der Waals surface area contributed by atoms with Crippen molar-refractivity contribution >= 4 is 35.6 Å². The van der Waals surface area contributed by atoms with Gasteiger partial charge in [0.25, 0.3) is 11.5 Å². The fraction of sp³-hybridized carbons (Fsp3) is 0.390. The van der Waals surface area contributed by atoms with Crippen LogP contribution in [0.15, 0.2) is 101 Å². The molecular formula is C41H49N3O5Si. The zero-order valence-corrected chi connectivity index (χ0v) is 31.3. The SMILES string of the molecule is COc1ccc([Si](C)(C)[C@H]2[C@H](CCO)O[C@@]3(C(=O)N(C/C=C(\C)CCC=C(C)C)c4ccc(-n5ncc6ccccc6c5=O)cc43)[C@@H]2C)cc1. The largest absolute Gasteiger partial charge is 0.497 e. The van der Waals surface area contributed by atoms with Crippen LogP contribution in [0.3, 0.4) is 0 Å². The quantitative estimate of drug-likeness (QED) is 0.134. The summed E-state index contributed by atoms with van der Waals surface area (Å²) >= 11 is 0. The second-order valence-corrected chi connectivity index (χ2v) is 19.3. The molecule has 50 heavy (non-hydrogen) atoms. The number of aromatic nitrogens is 2. The molecule has 0 bridgehead atoms. The number of aliphatic hydroxyl groups excluding tert-OH is 1. The third-order valence-corrected chi connectivity index (χ3v) is 15.2. The molecule has 1 spiro atoms. The van der Waals surface area contributed by atoms with Crippen LogP contribution in [0.2, 0.25) is 18.6 Å². The molecule has 6 rings (SSSR count). The Morgan fingerprint density at radius 1 is 1.04 bits per heavy atom. The van der Waals surface area contributed by atoms with Gasteiger partial charge in [0.2, 0.25) is 0 Å². The Labute approximate surface area is 296 Å². The van der Waals surface area contributed by atoms with Gasteiger partial charge in [-0.1, -0.05) is 78.8 Å². The van der Waals surface area contributed by atoms with Gasteiger partial charge in [0, 0.05) is 30.0 Å². The van der Waals surface area contributed by atoms with Crippen molar-refractivity contribution in [3.63, 3.8) is 0 Å². The van der Waals surface area contributed by atoms with E-state index in [2.05, 4.69) is 70.2 Å². The van der Waals surface area contributed by atoms with Crippen LogP contribution in [0.25, 0.3) is 16.5 Å². The average molecular weight is 692 g/mol. The van der Waals surface area contributed by atoms with Crippen LogP contribution >= 0.6 is 0 Å². The normalized spacial score (nSPS) is 22.0. The summed E-state index contributed by atoms with van der Waals surface area (Å²) in [4.78, 5) is 30.6. The molecule has 0 radical (unpaired) electrons. The molecule has 2 aliphatic heterocycles. The van der Waals surface area contributed by atoms with Gasteiger partial charge in [0.15, 0.2) is 5.60 Å².